The number of benzene rings is 1. The van der Waals surface area contributed by atoms with Crippen LogP contribution in [0.1, 0.15) is 62.5 Å². The summed E-state index contributed by atoms with van der Waals surface area (Å²) in [7, 11) is -2.04. The first kappa shape index (κ1) is 28.6. The van der Waals surface area contributed by atoms with Gasteiger partial charge in [0.05, 0.1) is 17.9 Å². The Morgan fingerprint density at radius 2 is 1.95 bits per heavy atom. The number of rotatable bonds is 9. The minimum absolute atomic E-state index is 0.0544. The van der Waals surface area contributed by atoms with Crippen LogP contribution in [0.2, 0.25) is 18.1 Å². The van der Waals surface area contributed by atoms with Gasteiger partial charge in [0.25, 0.3) is 0 Å². The first-order valence-corrected chi connectivity index (χ1v) is 16.4. The van der Waals surface area contributed by atoms with Gasteiger partial charge in [0.2, 0.25) is 0 Å². The summed E-state index contributed by atoms with van der Waals surface area (Å²) in [4.78, 5) is 16.8. The highest BCUT2D eigenvalue weighted by atomic mass is 28.4. The zero-order chi connectivity index (χ0) is 28.2. The second-order valence-electron chi connectivity index (χ2n) is 11.8. The zero-order valence-corrected chi connectivity index (χ0v) is 24.5. The first-order valence-electron chi connectivity index (χ1n) is 13.5. The molecule has 39 heavy (non-hydrogen) atoms. The number of piperidine rings is 1. The molecule has 1 aliphatic rings. The Hall–Kier alpha value is -3.42. The molecule has 1 saturated heterocycles. The summed E-state index contributed by atoms with van der Waals surface area (Å²) < 4.78 is 18.7. The fourth-order valence-electron chi connectivity index (χ4n) is 4.50. The molecule has 2 aromatic heterocycles. The number of fused-ring (bicyclic) bond motifs is 1. The van der Waals surface area contributed by atoms with Crippen LogP contribution in [0, 0.1) is 17.2 Å². The van der Waals surface area contributed by atoms with Crippen molar-refractivity contribution in [2.75, 3.05) is 13.1 Å². The quantitative estimate of drug-likeness (QED) is 0.299. The number of likely N-dealkylation sites (tertiary alicyclic amines) is 1. The van der Waals surface area contributed by atoms with Gasteiger partial charge < -0.3 is 23.7 Å². The van der Waals surface area contributed by atoms with Crippen molar-refractivity contribution in [3.63, 3.8) is 0 Å². The highest BCUT2D eigenvalue weighted by Crippen LogP contribution is 2.39. The Morgan fingerprint density at radius 1 is 1.21 bits per heavy atom. The lowest BCUT2D eigenvalue weighted by atomic mass is 9.91. The lowest BCUT2D eigenvalue weighted by Gasteiger charge is -2.36. The van der Waals surface area contributed by atoms with Gasteiger partial charge in [-0.2, -0.15) is 5.26 Å². The second-order valence-corrected chi connectivity index (χ2v) is 16.6. The highest BCUT2D eigenvalue weighted by molar-refractivity contribution is 6.74. The minimum Gasteiger partial charge on any atom is -0.488 e. The molecule has 1 fully saturated rings. The largest absolute Gasteiger partial charge is 0.488 e. The van der Waals surface area contributed by atoms with Crippen molar-refractivity contribution < 1.29 is 23.6 Å². The van der Waals surface area contributed by atoms with Gasteiger partial charge in [-0.05, 0) is 67.9 Å². The third kappa shape index (κ3) is 6.78. The summed E-state index contributed by atoms with van der Waals surface area (Å²) in [6.07, 6.45) is 4.26. The van der Waals surface area contributed by atoms with Crippen molar-refractivity contribution in [2.24, 2.45) is 5.92 Å². The lowest BCUT2D eigenvalue weighted by molar-refractivity contribution is 0.123. The third-order valence-electron chi connectivity index (χ3n) is 8.17. The van der Waals surface area contributed by atoms with Gasteiger partial charge in [-0.25, -0.2) is 9.78 Å². The maximum atomic E-state index is 11.2. The molecule has 3 heterocycles. The molecule has 0 atom stereocenters. The maximum Gasteiger partial charge on any atom is 0.407 e. The molecule has 0 saturated carbocycles. The van der Waals surface area contributed by atoms with Crippen LogP contribution in [-0.4, -0.2) is 47.6 Å². The van der Waals surface area contributed by atoms with Crippen molar-refractivity contribution in [1.82, 2.24) is 15.0 Å². The van der Waals surface area contributed by atoms with Crippen LogP contribution in [-0.2, 0) is 24.1 Å². The van der Waals surface area contributed by atoms with E-state index in [1.165, 1.54) is 4.90 Å². The number of nitriles is 1. The van der Waals surface area contributed by atoms with Gasteiger partial charge >= 0.3 is 6.09 Å². The van der Waals surface area contributed by atoms with Gasteiger partial charge in [-0.3, -0.25) is 0 Å². The summed E-state index contributed by atoms with van der Waals surface area (Å²) in [5.41, 5.74) is 3.65. The maximum absolute atomic E-state index is 11.2. The Labute approximate surface area is 230 Å². The molecule has 208 valence electrons. The molecule has 4 rings (SSSR count). The van der Waals surface area contributed by atoms with Crippen LogP contribution >= 0.6 is 0 Å². The summed E-state index contributed by atoms with van der Waals surface area (Å²) in [6.45, 7) is 12.9. The van der Waals surface area contributed by atoms with Gasteiger partial charge in [0.15, 0.2) is 13.9 Å². The average molecular weight is 551 g/mol. The molecule has 3 aromatic rings. The Kier molecular flexibility index (Phi) is 8.62. The Morgan fingerprint density at radius 3 is 2.56 bits per heavy atom. The number of pyridine rings is 1. The predicted octanol–water partition coefficient (Wildman–Crippen LogP) is 6.52. The average Bonchev–Trinajstić information content (AvgIpc) is 3.32. The molecular weight excluding hydrogens is 512 g/mol. The number of ether oxygens (including phenoxy) is 1. The number of aromatic nitrogens is 2. The standard InChI is InChI=1S/C29H38N4O5Si/c1-29(2,3)39(4,5)37-19-24-26(36-18-21-6-8-22(16-30)31-17-21)11-9-23-25(32-38-27(23)24)10-7-20-12-14-33(15-13-20)28(34)35/h6,8-9,11,17,20H,7,10,12-15,18-19H2,1-5H3,(H,34,35). The summed E-state index contributed by atoms with van der Waals surface area (Å²) in [5, 5.41) is 23.7. The molecule has 0 aliphatic carbocycles. The van der Waals surface area contributed by atoms with Crippen LogP contribution < -0.4 is 4.74 Å². The Balaban J connectivity index is 1.54. The zero-order valence-electron chi connectivity index (χ0n) is 23.5. The monoisotopic (exact) mass is 550 g/mol. The highest BCUT2D eigenvalue weighted by Gasteiger charge is 2.37. The van der Waals surface area contributed by atoms with Gasteiger partial charge in [0.1, 0.15) is 24.1 Å². The molecular formula is C29H38N4O5Si. The van der Waals surface area contributed by atoms with E-state index < -0.39 is 14.4 Å². The lowest BCUT2D eigenvalue weighted by Crippen LogP contribution is -2.40. The van der Waals surface area contributed by atoms with Gasteiger partial charge in [-0.1, -0.05) is 32.0 Å². The van der Waals surface area contributed by atoms with Gasteiger partial charge in [-0.15, -0.1) is 0 Å². The molecule has 10 heteroatoms. The topological polar surface area (TPSA) is 122 Å². The van der Waals surface area contributed by atoms with Crippen molar-refractivity contribution in [2.45, 2.75) is 77.8 Å². The van der Waals surface area contributed by atoms with E-state index in [1.54, 1.807) is 12.3 Å². The van der Waals surface area contributed by atoms with Crippen LogP contribution in [0.3, 0.4) is 0 Å². The van der Waals surface area contributed by atoms with Crippen molar-refractivity contribution in [1.29, 1.82) is 5.26 Å². The van der Waals surface area contributed by atoms with E-state index in [0.717, 1.165) is 47.9 Å². The number of carboxylic acid groups (broad SMARTS) is 1. The molecule has 1 N–H and O–H groups in total. The molecule has 0 spiro atoms. The van der Waals surface area contributed by atoms with E-state index in [9.17, 15) is 9.90 Å². The minimum atomic E-state index is -2.04. The fourth-order valence-corrected chi connectivity index (χ4v) is 5.44. The van der Waals surface area contributed by atoms with Crippen molar-refractivity contribution in [3.8, 4) is 11.8 Å². The molecule has 0 bridgehead atoms. The molecule has 0 unspecified atom stereocenters. The number of nitrogens with zero attached hydrogens (tertiary/aromatic N) is 4. The van der Waals surface area contributed by atoms with E-state index in [2.05, 4.69) is 44.0 Å². The molecule has 1 aliphatic heterocycles. The Bertz CT molecular complexity index is 1330. The number of carbonyl (C=O) groups is 1. The van der Waals surface area contributed by atoms with E-state index in [4.69, 9.17) is 18.9 Å². The van der Waals surface area contributed by atoms with Crippen LogP contribution in [0.15, 0.2) is 35.0 Å². The van der Waals surface area contributed by atoms with E-state index in [-0.39, 0.29) is 5.04 Å². The second kappa shape index (κ2) is 11.8. The summed E-state index contributed by atoms with van der Waals surface area (Å²) >= 11 is 0. The SMILES string of the molecule is CC(C)(C)[Si](C)(C)OCc1c(OCc2ccc(C#N)nc2)ccc2c(CCC3CCN(C(=O)O)CC3)noc12. The van der Waals surface area contributed by atoms with Crippen LogP contribution in [0.25, 0.3) is 11.0 Å². The van der Waals surface area contributed by atoms with Crippen LogP contribution in [0.5, 0.6) is 5.75 Å². The smallest absolute Gasteiger partial charge is 0.407 e. The fraction of sp³-hybridized carbons (Fsp3) is 0.517. The first-order chi connectivity index (χ1) is 18.5. The number of amides is 1. The molecule has 0 radical (unpaired) electrons. The molecule has 1 amide bonds. The summed E-state index contributed by atoms with van der Waals surface area (Å²) in [6, 6.07) is 9.50. The van der Waals surface area contributed by atoms with Crippen molar-refractivity contribution in [3.05, 3.63) is 53.0 Å². The van der Waals surface area contributed by atoms with Crippen molar-refractivity contribution >= 4 is 25.4 Å². The van der Waals surface area contributed by atoms with E-state index >= 15 is 0 Å². The van der Waals surface area contributed by atoms with E-state index in [0.29, 0.717) is 49.2 Å². The van der Waals surface area contributed by atoms with Crippen LogP contribution in [0.4, 0.5) is 4.79 Å². The predicted molar refractivity (Wildman–Crippen MR) is 150 cm³/mol. The van der Waals surface area contributed by atoms with Gasteiger partial charge in [0, 0.05) is 30.2 Å². The normalized spacial score (nSPS) is 14.9. The summed E-state index contributed by atoms with van der Waals surface area (Å²) in [5.74, 6) is 1.15. The number of hydrogen-bond donors (Lipinski definition) is 1. The molecule has 9 nitrogen and oxygen atoms in total. The van der Waals surface area contributed by atoms with E-state index in [1.807, 2.05) is 24.3 Å². The third-order valence-corrected chi connectivity index (χ3v) is 12.6. The number of aryl methyl sites for hydroxylation is 1. The molecule has 1 aromatic carbocycles. The number of hydrogen-bond acceptors (Lipinski definition) is 7.